The van der Waals surface area contributed by atoms with E-state index in [9.17, 15) is 14.7 Å². The van der Waals surface area contributed by atoms with Gasteiger partial charge in [-0.2, -0.15) is 10.2 Å². The predicted molar refractivity (Wildman–Crippen MR) is 222 cm³/mol. The maximum absolute atomic E-state index is 13.4. The third-order valence-electron chi connectivity index (χ3n) is 8.85. The molecule has 0 atom stereocenters. The molecule has 1 aliphatic rings. The van der Waals surface area contributed by atoms with Gasteiger partial charge >= 0.3 is 0 Å². The van der Waals surface area contributed by atoms with E-state index in [2.05, 4.69) is 55.3 Å². The molecule has 4 aromatic rings. The summed E-state index contributed by atoms with van der Waals surface area (Å²) in [6.07, 6.45) is 12.5. The molecule has 0 spiro atoms. The van der Waals surface area contributed by atoms with E-state index in [1.54, 1.807) is 48.8 Å². The Hall–Kier alpha value is -5.18. The number of nitrogens with two attached hydrogens (primary N) is 1. The van der Waals surface area contributed by atoms with Crippen LogP contribution in [0.1, 0.15) is 58.2 Å². The number of allylic oxidation sites excluding steroid dienone is 3. The van der Waals surface area contributed by atoms with Gasteiger partial charge in [-0.25, -0.2) is 9.67 Å². The second-order valence-electron chi connectivity index (χ2n) is 14.5. The summed E-state index contributed by atoms with van der Waals surface area (Å²) in [6, 6.07) is 13.7. The highest BCUT2D eigenvalue weighted by Crippen LogP contribution is 2.28. The number of nitrogens with zero attached hydrogens (tertiary/aromatic N) is 6. The van der Waals surface area contributed by atoms with Crippen molar-refractivity contribution in [3.8, 4) is 11.4 Å². The molecule has 2 aromatic heterocycles. The maximum Gasteiger partial charge on any atom is 0.237 e. The Morgan fingerprint density at radius 3 is 2.62 bits per heavy atom. The fourth-order valence-electron chi connectivity index (χ4n) is 6.29. The molecule has 2 amide bonds. The van der Waals surface area contributed by atoms with Crippen LogP contribution in [0.15, 0.2) is 85.6 Å². The fraction of sp³-hybridized carbons (Fsp3) is 0.390. The lowest BCUT2D eigenvalue weighted by atomic mass is 9.98. The van der Waals surface area contributed by atoms with Crippen molar-refractivity contribution in [3.63, 3.8) is 0 Å². The lowest BCUT2D eigenvalue weighted by molar-refractivity contribution is -0.131. The molecular weight excluding hydrogens is 715 g/mol. The van der Waals surface area contributed by atoms with Crippen LogP contribution in [0.3, 0.4) is 0 Å². The number of aromatic nitrogens is 5. The number of hydrogen-bond acceptors (Lipinski definition) is 10. The molecule has 0 aliphatic carbocycles. The molecule has 0 saturated heterocycles. The molecule has 13 nitrogen and oxygen atoms in total. The number of carbonyl (C=O) groups excluding carboxylic acids is 2. The molecule has 3 heterocycles. The third-order valence-corrected chi connectivity index (χ3v) is 9.47. The topological polar surface area (TPSA) is 168 Å². The summed E-state index contributed by atoms with van der Waals surface area (Å²) in [5.41, 5.74) is 11.1. The van der Waals surface area contributed by atoms with Gasteiger partial charge in [-0.05, 0) is 94.8 Å². The monoisotopic (exact) mass is 767 g/mol. The minimum Gasteiger partial charge on any atom is -0.492 e. The highest BCUT2D eigenvalue weighted by atomic mass is 32.2. The minimum absolute atomic E-state index is 0.00893. The first-order chi connectivity index (χ1) is 26.3. The molecule has 0 unspecified atom stereocenters. The van der Waals surface area contributed by atoms with E-state index in [0.29, 0.717) is 80.0 Å². The maximum atomic E-state index is 13.4. The van der Waals surface area contributed by atoms with Gasteiger partial charge in [0, 0.05) is 53.8 Å². The summed E-state index contributed by atoms with van der Waals surface area (Å²) >= 11 is 1.66. The van der Waals surface area contributed by atoms with Crippen LogP contribution < -0.4 is 11.1 Å². The van der Waals surface area contributed by atoms with Crippen LogP contribution in [-0.4, -0.2) is 102 Å². The SMILES string of the molecule is C=C(/C=C\C(=C/N)c1n[nH]c2ccc(NC(=O)CCCN(CSC)CC(=O)N3CC=C(c4ccc(-c5ncn(CC(C)(C)O)n5)cc4)CC3)cc12)OC(C)C. The Kier molecular flexibility index (Phi) is 14.1. The Balaban J connectivity index is 1.09. The number of ether oxygens (including phenoxy) is 1. The largest absolute Gasteiger partial charge is 0.492 e. The second-order valence-corrected chi connectivity index (χ2v) is 15.4. The molecule has 55 heavy (non-hydrogen) atoms. The highest BCUT2D eigenvalue weighted by molar-refractivity contribution is 7.98. The first kappa shape index (κ1) is 41.0. The van der Waals surface area contributed by atoms with Crippen LogP contribution in [-0.2, 0) is 20.9 Å². The van der Waals surface area contributed by atoms with Crippen molar-refractivity contribution in [2.45, 2.75) is 65.2 Å². The van der Waals surface area contributed by atoms with Crippen molar-refractivity contribution in [2.75, 3.05) is 43.6 Å². The molecule has 5 rings (SSSR count). The van der Waals surface area contributed by atoms with E-state index in [1.807, 2.05) is 55.3 Å². The number of rotatable bonds is 18. The molecule has 2 aromatic carbocycles. The number of hydrogen-bond donors (Lipinski definition) is 4. The van der Waals surface area contributed by atoms with Crippen LogP contribution in [0, 0.1) is 0 Å². The van der Waals surface area contributed by atoms with E-state index < -0.39 is 5.60 Å². The van der Waals surface area contributed by atoms with Crippen LogP contribution in [0.2, 0.25) is 0 Å². The quantitative estimate of drug-likeness (QED) is 0.0532. The van der Waals surface area contributed by atoms with Gasteiger partial charge in [0.05, 0.1) is 30.3 Å². The smallest absolute Gasteiger partial charge is 0.237 e. The number of carbonyl (C=O) groups is 2. The number of anilines is 1. The Labute approximate surface area is 327 Å². The molecule has 1 aliphatic heterocycles. The second kappa shape index (κ2) is 18.9. The molecular formula is C41H53N9O4S. The van der Waals surface area contributed by atoms with E-state index in [0.717, 1.165) is 28.5 Å². The molecule has 0 radical (unpaired) electrons. The van der Waals surface area contributed by atoms with Gasteiger partial charge in [-0.15, -0.1) is 11.8 Å². The number of thioether (sulfide) groups is 1. The van der Waals surface area contributed by atoms with Crippen LogP contribution in [0.5, 0.6) is 0 Å². The van der Waals surface area contributed by atoms with Gasteiger partial charge in [0.25, 0.3) is 0 Å². The fourth-order valence-corrected chi connectivity index (χ4v) is 6.88. The van der Waals surface area contributed by atoms with Crippen LogP contribution in [0.25, 0.3) is 33.4 Å². The summed E-state index contributed by atoms with van der Waals surface area (Å²) < 4.78 is 7.25. The molecule has 0 bridgehead atoms. The zero-order chi connectivity index (χ0) is 39.5. The Bertz CT molecular complexity index is 2040. The van der Waals surface area contributed by atoms with Crippen molar-refractivity contribution in [3.05, 3.63) is 96.8 Å². The van der Waals surface area contributed by atoms with Gasteiger partial charge in [0.2, 0.25) is 11.8 Å². The number of aromatic amines is 1. The van der Waals surface area contributed by atoms with Crippen molar-refractivity contribution >= 4 is 51.3 Å². The zero-order valence-corrected chi connectivity index (χ0v) is 33.2. The summed E-state index contributed by atoms with van der Waals surface area (Å²) in [4.78, 5) is 34.8. The number of aliphatic hydroxyl groups is 1. The van der Waals surface area contributed by atoms with Crippen molar-refractivity contribution in [2.24, 2.45) is 5.73 Å². The first-order valence-electron chi connectivity index (χ1n) is 18.5. The average molecular weight is 768 g/mol. The van der Waals surface area contributed by atoms with Gasteiger partial charge in [-0.1, -0.05) is 36.9 Å². The molecule has 0 saturated carbocycles. The zero-order valence-electron chi connectivity index (χ0n) is 32.4. The minimum atomic E-state index is -0.873. The van der Waals surface area contributed by atoms with E-state index in [-0.39, 0.29) is 17.9 Å². The number of nitrogens with one attached hydrogen (secondary N) is 2. The number of amides is 2. The van der Waals surface area contributed by atoms with E-state index in [1.165, 1.54) is 11.8 Å². The number of H-pyrrole nitrogens is 1. The normalized spacial score (nSPS) is 13.9. The first-order valence-corrected chi connectivity index (χ1v) is 19.9. The van der Waals surface area contributed by atoms with Gasteiger partial charge in [0.15, 0.2) is 5.82 Å². The number of benzene rings is 2. The molecule has 292 valence electrons. The standard InChI is InChI=1S/C41H53N9O4S/c1-28(2)54-29(3)9-10-33(23-42)39-35-22-34(15-16-36(35)45-46-39)44-37(51)8-7-19-48(27-55-6)24-38(52)49-20-17-31(18-21-49)30-11-13-32(14-12-30)40-43-26-50(47-40)25-41(4,5)53/h9-17,22-23,26,28,53H,3,7-8,18-21,24-25,27,42H2,1-2,4-6H3,(H,44,51)(H,45,46)/b10-9-,33-23+. The summed E-state index contributed by atoms with van der Waals surface area (Å²) in [7, 11) is 0. The van der Waals surface area contributed by atoms with Crippen molar-refractivity contribution in [1.82, 2.24) is 34.8 Å². The van der Waals surface area contributed by atoms with E-state index >= 15 is 0 Å². The van der Waals surface area contributed by atoms with Gasteiger partial charge in [-0.3, -0.25) is 19.6 Å². The van der Waals surface area contributed by atoms with E-state index in [4.69, 9.17) is 10.5 Å². The highest BCUT2D eigenvalue weighted by Gasteiger charge is 2.21. The van der Waals surface area contributed by atoms with Gasteiger partial charge < -0.3 is 25.8 Å². The van der Waals surface area contributed by atoms with Crippen molar-refractivity contribution in [1.29, 1.82) is 0 Å². The number of fused-ring (bicyclic) bond motifs is 1. The summed E-state index contributed by atoms with van der Waals surface area (Å²) in [5.74, 6) is 1.81. The molecule has 5 N–H and O–H groups in total. The predicted octanol–water partition coefficient (Wildman–Crippen LogP) is 6.04. The summed E-state index contributed by atoms with van der Waals surface area (Å²) in [5, 5.41) is 25.9. The molecule has 14 heteroatoms. The Morgan fingerprint density at radius 1 is 1.18 bits per heavy atom. The van der Waals surface area contributed by atoms with Crippen molar-refractivity contribution < 1.29 is 19.4 Å². The van der Waals surface area contributed by atoms with Crippen LogP contribution >= 0.6 is 11.8 Å². The average Bonchev–Trinajstić information content (AvgIpc) is 3.78. The Morgan fingerprint density at radius 2 is 1.95 bits per heavy atom. The van der Waals surface area contributed by atoms with Gasteiger partial charge in [0.1, 0.15) is 17.8 Å². The van der Waals surface area contributed by atoms with Crippen LogP contribution in [0.4, 0.5) is 5.69 Å². The molecule has 0 fully saturated rings. The lowest BCUT2D eigenvalue weighted by Gasteiger charge is -2.29. The summed E-state index contributed by atoms with van der Waals surface area (Å²) in [6.45, 7) is 13.7. The lowest BCUT2D eigenvalue weighted by Crippen LogP contribution is -2.42. The third kappa shape index (κ3) is 11.9.